The van der Waals surface area contributed by atoms with Crippen molar-refractivity contribution in [2.45, 2.75) is 18.5 Å². The molecule has 0 saturated carbocycles. The van der Waals surface area contributed by atoms with Crippen LogP contribution in [0.2, 0.25) is 0 Å². The van der Waals surface area contributed by atoms with Gasteiger partial charge in [-0.2, -0.15) is 13.2 Å². The Hall–Kier alpha value is -1.88. The van der Waals surface area contributed by atoms with Crippen LogP contribution in [0, 0.1) is 5.82 Å². The molecule has 0 radical (unpaired) electrons. The summed E-state index contributed by atoms with van der Waals surface area (Å²) in [4.78, 5) is 0. The molecule has 2 aromatic rings. The minimum absolute atomic E-state index is 0.140. The fraction of sp³-hybridized carbons (Fsp3) is 0.250. The van der Waals surface area contributed by atoms with Crippen molar-refractivity contribution in [2.24, 2.45) is 0 Å². The Morgan fingerprint density at radius 3 is 2.33 bits per heavy atom. The van der Waals surface area contributed by atoms with E-state index in [9.17, 15) is 22.7 Å². The first-order valence-electron chi connectivity index (χ1n) is 6.43. The predicted octanol–water partition coefficient (Wildman–Crippen LogP) is 4.16. The van der Waals surface area contributed by atoms with Crippen LogP contribution in [0.4, 0.5) is 17.6 Å². The van der Waals surface area contributed by atoms with Crippen molar-refractivity contribution in [1.29, 1.82) is 0 Å². The third kappa shape index (κ3) is 3.82. The van der Waals surface area contributed by atoms with Gasteiger partial charge >= 0.3 is 6.18 Å². The average molecular weight is 298 g/mol. The summed E-state index contributed by atoms with van der Waals surface area (Å²) in [5, 5.41) is 9.41. The van der Waals surface area contributed by atoms with Gasteiger partial charge in [0.2, 0.25) is 0 Å². The summed E-state index contributed by atoms with van der Waals surface area (Å²) in [6, 6.07) is 10.8. The summed E-state index contributed by atoms with van der Waals surface area (Å²) in [6.07, 6.45) is -4.27. The van der Waals surface area contributed by atoms with Crippen LogP contribution in [0.3, 0.4) is 0 Å². The van der Waals surface area contributed by atoms with E-state index in [1.165, 1.54) is 24.3 Å². The Morgan fingerprint density at radius 2 is 1.71 bits per heavy atom. The van der Waals surface area contributed by atoms with E-state index in [1.807, 2.05) is 0 Å². The van der Waals surface area contributed by atoms with Gasteiger partial charge in [-0.15, -0.1) is 0 Å². The predicted molar refractivity (Wildman–Crippen MR) is 71.4 cm³/mol. The monoisotopic (exact) mass is 298 g/mol. The topological polar surface area (TPSA) is 20.2 Å². The van der Waals surface area contributed by atoms with Crippen molar-refractivity contribution in [3.63, 3.8) is 0 Å². The van der Waals surface area contributed by atoms with Gasteiger partial charge in [0.05, 0.1) is 12.2 Å². The number of hydrogen-bond donors (Lipinski definition) is 1. The zero-order valence-corrected chi connectivity index (χ0v) is 11.1. The molecule has 0 aromatic heterocycles. The van der Waals surface area contributed by atoms with Crippen molar-refractivity contribution in [1.82, 2.24) is 0 Å². The van der Waals surface area contributed by atoms with Crippen LogP contribution in [-0.4, -0.2) is 11.7 Å². The number of aliphatic hydroxyl groups is 1. The quantitative estimate of drug-likeness (QED) is 0.840. The number of aliphatic hydroxyl groups excluding tert-OH is 1. The molecule has 2 aromatic carbocycles. The summed E-state index contributed by atoms with van der Waals surface area (Å²) in [7, 11) is 0. The molecule has 0 aliphatic heterocycles. The summed E-state index contributed by atoms with van der Waals surface area (Å²) in [5.74, 6) is -1.04. The average Bonchev–Trinajstić information content (AvgIpc) is 2.45. The van der Waals surface area contributed by atoms with E-state index < -0.39 is 23.5 Å². The van der Waals surface area contributed by atoms with Gasteiger partial charge < -0.3 is 5.11 Å². The highest BCUT2D eigenvalue weighted by Gasteiger charge is 2.30. The highest BCUT2D eigenvalue weighted by atomic mass is 19.4. The summed E-state index contributed by atoms with van der Waals surface area (Å²) >= 11 is 0. The molecule has 1 N–H and O–H groups in total. The fourth-order valence-corrected chi connectivity index (χ4v) is 2.24. The van der Waals surface area contributed by atoms with Gasteiger partial charge in [-0.1, -0.05) is 36.4 Å². The highest BCUT2D eigenvalue weighted by Crippen LogP contribution is 2.31. The van der Waals surface area contributed by atoms with Crippen LogP contribution in [0.1, 0.15) is 22.6 Å². The van der Waals surface area contributed by atoms with Crippen molar-refractivity contribution in [3.8, 4) is 0 Å². The van der Waals surface area contributed by atoms with E-state index in [4.69, 9.17) is 0 Å². The van der Waals surface area contributed by atoms with E-state index >= 15 is 0 Å². The number of halogens is 4. The molecule has 1 atom stereocenters. The maximum Gasteiger partial charge on any atom is 0.416 e. The van der Waals surface area contributed by atoms with Gasteiger partial charge in [0.15, 0.2) is 0 Å². The second kappa shape index (κ2) is 6.26. The second-order valence-corrected chi connectivity index (χ2v) is 4.80. The zero-order chi connectivity index (χ0) is 15.5. The molecule has 0 saturated heterocycles. The number of hydrogen-bond acceptors (Lipinski definition) is 1. The van der Waals surface area contributed by atoms with Crippen LogP contribution in [0.25, 0.3) is 0 Å². The van der Waals surface area contributed by atoms with E-state index in [0.717, 1.165) is 12.1 Å². The van der Waals surface area contributed by atoms with Crippen LogP contribution < -0.4 is 0 Å². The second-order valence-electron chi connectivity index (χ2n) is 4.80. The molecular weight excluding hydrogens is 284 g/mol. The molecule has 0 aliphatic rings. The summed E-state index contributed by atoms with van der Waals surface area (Å²) < 4.78 is 51.7. The molecule has 5 heteroatoms. The van der Waals surface area contributed by atoms with Gasteiger partial charge in [-0.3, -0.25) is 0 Å². The standard InChI is InChI=1S/C16H14F4O/c17-15-7-2-1-6-14(15)12(10-21)8-11-4-3-5-13(9-11)16(18,19)20/h1-7,9,12,21H,8,10H2. The van der Waals surface area contributed by atoms with Gasteiger partial charge in [0.25, 0.3) is 0 Å². The first-order chi connectivity index (χ1) is 9.91. The van der Waals surface area contributed by atoms with Crippen LogP contribution in [-0.2, 0) is 12.6 Å². The summed E-state index contributed by atoms with van der Waals surface area (Å²) in [5.41, 5.74) is -0.0326. The minimum Gasteiger partial charge on any atom is -0.396 e. The third-order valence-electron chi connectivity index (χ3n) is 3.30. The molecule has 1 unspecified atom stereocenters. The molecule has 0 aliphatic carbocycles. The Bertz CT molecular complexity index is 607. The Kier molecular flexibility index (Phi) is 4.63. The van der Waals surface area contributed by atoms with E-state index in [1.54, 1.807) is 12.1 Å². The summed E-state index contributed by atoms with van der Waals surface area (Å²) in [6.45, 7) is -0.336. The first-order valence-corrected chi connectivity index (χ1v) is 6.43. The molecular formula is C16H14F4O. The smallest absolute Gasteiger partial charge is 0.396 e. The van der Waals surface area contributed by atoms with Gasteiger partial charge in [0.1, 0.15) is 5.82 Å². The molecule has 0 amide bonds. The van der Waals surface area contributed by atoms with Crippen molar-refractivity contribution in [3.05, 3.63) is 71.0 Å². The molecule has 21 heavy (non-hydrogen) atoms. The SMILES string of the molecule is OCC(Cc1cccc(C(F)(F)F)c1)c1ccccc1F. The lowest BCUT2D eigenvalue weighted by molar-refractivity contribution is -0.137. The largest absolute Gasteiger partial charge is 0.416 e. The van der Waals surface area contributed by atoms with Crippen LogP contribution in [0.15, 0.2) is 48.5 Å². The van der Waals surface area contributed by atoms with Crippen LogP contribution >= 0.6 is 0 Å². The highest BCUT2D eigenvalue weighted by molar-refractivity contribution is 5.29. The molecule has 0 spiro atoms. The lowest BCUT2D eigenvalue weighted by Crippen LogP contribution is -2.11. The van der Waals surface area contributed by atoms with Gasteiger partial charge in [0, 0.05) is 5.92 Å². The molecule has 2 rings (SSSR count). The number of alkyl halides is 3. The Labute approximate surface area is 119 Å². The first kappa shape index (κ1) is 15.5. The molecule has 0 heterocycles. The molecule has 112 valence electrons. The van der Waals surface area contributed by atoms with Gasteiger partial charge in [-0.25, -0.2) is 4.39 Å². The lowest BCUT2D eigenvalue weighted by atomic mass is 9.91. The number of benzene rings is 2. The molecule has 0 fully saturated rings. The fourth-order valence-electron chi connectivity index (χ4n) is 2.24. The normalized spacial score (nSPS) is 13.2. The van der Waals surface area contributed by atoms with Crippen molar-refractivity contribution < 1.29 is 22.7 Å². The Balaban J connectivity index is 2.26. The maximum absolute atomic E-state index is 13.7. The molecule has 1 nitrogen and oxygen atoms in total. The van der Waals surface area contributed by atoms with Crippen LogP contribution in [0.5, 0.6) is 0 Å². The van der Waals surface area contributed by atoms with Crippen molar-refractivity contribution >= 4 is 0 Å². The van der Waals surface area contributed by atoms with E-state index in [0.29, 0.717) is 11.1 Å². The Morgan fingerprint density at radius 1 is 1.00 bits per heavy atom. The van der Waals surface area contributed by atoms with Crippen molar-refractivity contribution in [2.75, 3.05) is 6.61 Å². The van der Waals surface area contributed by atoms with E-state index in [-0.39, 0.29) is 13.0 Å². The van der Waals surface area contributed by atoms with E-state index in [2.05, 4.69) is 0 Å². The zero-order valence-electron chi connectivity index (χ0n) is 11.1. The molecule has 0 bridgehead atoms. The third-order valence-corrected chi connectivity index (χ3v) is 3.30. The van der Waals surface area contributed by atoms with Gasteiger partial charge in [-0.05, 0) is 29.7 Å². The minimum atomic E-state index is -4.41. The number of rotatable bonds is 4. The maximum atomic E-state index is 13.7. The lowest BCUT2D eigenvalue weighted by Gasteiger charge is -2.16.